The van der Waals surface area contributed by atoms with Crippen molar-refractivity contribution in [3.05, 3.63) is 16.1 Å². The van der Waals surface area contributed by atoms with E-state index in [0.717, 1.165) is 62.6 Å². The Morgan fingerprint density at radius 2 is 2.14 bits per heavy atom. The molecule has 1 N–H and O–H groups in total. The second kappa shape index (κ2) is 7.06. The number of hydrogen-bond acceptors (Lipinski definition) is 5. The molecule has 1 aromatic rings. The molecule has 2 heterocycles. The first kappa shape index (κ1) is 15.9. The molecule has 1 aliphatic heterocycles. The average Bonchev–Trinajstić information content (AvgIpc) is 3.16. The molecule has 0 bridgehead atoms. The second-order valence-electron chi connectivity index (χ2n) is 6.25. The molecule has 1 saturated carbocycles. The SMILES string of the molecule is CCc1nc(CC(=O)N2CCN(C3CCCC3O)CC2)cs1. The van der Waals surface area contributed by atoms with Crippen LogP contribution in [0.2, 0.25) is 0 Å². The predicted octanol–water partition coefficient (Wildman–Crippen LogP) is 1.31. The zero-order valence-corrected chi connectivity index (χ0v) is 14.0. The summed E-state index contributed by atoms with van der Waals surface area (Å²) in [6, 6.07) is 0.308. The van der Waals surface area contributed by atoms with Crippen LogP contribution < -0.4 is 0 Å². The first-order chi connectivity index (χ1) is 10.7. The molecule has 1 aromatic heterocycles. The number of nitrogens with zero attached hydrogens (tertiary/aromatic N) is 3. The maximum Gasteiger partial charge on any atom is 0.228 e. The van der Waals surface area contributed by atoms with Crippen molar-refractivity contribution in [3.63, 3.8) is 0 Å². The van der Waals surface area contributed by atoms with Crippen molar-refractivity contribution in [2.75, 3.05) is 26.2 Å². The van der Waals surface area contributed by atoms with Gasteiger partial charge in [0.2, 0.25) is 5.91 Å². The summed E-state index contributed by atoms with van der Waals surface area (Å²) < 4.78 is 0. The van der Waals surface area contributed by atoms with Gasteiger partial charge >= 0.3 is 0 Å². The lowest BCUT2D eigenvalue weighted by molar-refractivity contribution is -0.132. The number of carbonyl (C=O) groups is 1. The van der Waals surface area contributed by atoms with Gasteiger partial charge in [-0.15, -0.1) is 11.3 Å². The van der Waals surface area contributed by atoms with E-state index in [1.165, 1.54) is 0 Å². The van der Waals surface area contributed by atoms with Crippen molar-refractivity contribution in [2.24, 2.45) is 0 Å². The summed E-state index contributed by atoms with van der Waals surface area (Å²) in [7, 11) is 0. The van der Waals surface area contributed by atoms with Gasteiger partial charge in [0, 0.05) is 37.6 Å². The first-order valence-corrected chi connectivity index (χ1v) is 9.18. The number of carbonyl (C=O) groups excluding carboxylic acids is 1. The number of aliphatic hydroxyl groups is 1. The van der Waals surface area contributed by atoms with E-state index in [9.17, 15) is 9.90 Å². The molecule has 0 aromatic carbocycles. The Hall–Kier alpha value is -0.980. The van der Waals surface area contributed by atoms with E-state index in [4.69, 9.17) is 0 Å². The molecular weight excluding hydrogens is 298 g/mol. The maximum atomic E-state index is 12.4. The summed E-state index contributed by atoms with van der Waals surface area (Å²) in [4.78, 5) is 21.2. The number of thiazole rings is 1. The number of aromatic nitrogens is 1. The zero-order valence-electron chi connectivity index (χ0n) is 13.2. The van der Waals surface area contributed by atoms with Crippen LogP contribution in [0, 0.1) is 0 Å². The van der Waals surface area contributed by atoms with Gasteiger partial charge in [0.1, 0.15) is 0 Å². The van der Waals surface area contributed by atoms with E-state index < -0.39 is 0 Å². The predicted molar refractivity (Wildman–Crippen MR) is 87.0 cm³/mol. The Bertz CT molecular complexity index is 511. The van der Waals surface area contributed by atoms with Crippen molar-refractivity contribution >= 4 is 17.2 Å². The summed E-state index contributed by atoms with van der Waals surface area (Å²) >= 11 is 1.64. The van der Waals surface area contributed by atoms with Crippen LogP contribution in [-0.2, 0) is 17.6 Å². The number of rotatable bonds is 4. The van der Waals surface area contributed by atoms with Crippen LogP contribution >= 0.6 is 11.3 Å². The zero-order chi connectivity index (χ0) is 15.5. The van der Waals surface area contributed by atoms with Crippen LogP contribution in [0.4, 0.5) is 0 Å². The quantitative estimate of drug-likeness (QED) is 0.907. The third-order valence-electron chi connectivity index (χ3n) is 4.81. The van der Waals surface area contributed by atoms with Gasteiger partial charge in [-0.25, -0.2) is 4.98 Å². The molecule has 6 heteroatoms. The van der Waals surface area contributed by atoms with Crippen LogP contribution in [0.5, 0.6) is 0 Å². The van der Waals surface area contributed by atoms with Gasteiger partial charge in [0.25, 0.3) is 0 Å². The highest BCUT2D eigenvalue weighted by Crippen LogP contribution is 2.25. The Morgan fingerprint density at radius 1 is 1.36 bits per heavy atom. The first-order valence-electron chi connectivity index (χ1n) is 8.30. The molecule has 22 heavy (non-hydrogen) atoms. The Labute approximate surface area is 135 Å². The number of aliphatic hydroxyl groups excluding tert-OH is 1. The molecule has 1 aliphatic carbocycles. The number of hydrogen-bond donors (Lipinski definition) is 1. The molecule has 3 rings (SSSR count). The van der Waals surface area contributed by atoms with Crippen LogP contribution in [0.3, 0.4) is 0 Å². The molecule has 2 aliphatic rings. The highest BCUT2D eigenvalue weighted by atomic mass is 32.1. The molecule has 1 amide bonds. The molecule has 1 saturated heterocycles. The normalized spacial score (nSPS) is 26.5. The lowest BCUT2D eigenvalue weighted by Crippen LogP contribution is -2.53. The molecule has 122 valence electrons. The number of aryl methyl sites for hydroxylation is 1. The van der Waals surface area contributed by atoms with Gasteiger partial charge < -0.3 is 10.0 Å². The second-order valence-corrected chi connectivity index (χ2v) is 7.19. The van der Waals surface area contributed by atoms with E-state index >= 15 is 0 Å². The molecule has 0 spiro atoms. The van der Waals surface area contributed by atoms with Gasteiger partial charge in [-0.05, 0) is 25.7 Å². The highest BCUT2D eigenvalue weighted by Gasteiger charge is 2.33. The van der Waals surface area contributed by atoms with E-state index in [2.05, 4.69) is 16.8 Å². The Morgan fingerprint density at radius 3 is 2.73 bits per heavy atom. The lowest BCUT2D eigenvalue weighted by atomic mass is 10.1. The van der Waals surface area contributed by atoms with E-state index in [-0.39, 0.29) is 12.0 Å². The average molecular weight is 323 g/mol. The summed E-state index contributed by atoms with van der Waals surface area (Å²) in [5.41, 5.74) is 0.903. The van der Waals surface area contributed by atoms with Crippen molar-refractivity contribution in [3.8, 4) is 0 Å². The topological polar surface area (TPSA) is 56.7 Å². The third-order valence-corrected chi connectivity index (χ3v) is 5.86. The summed E-state index contributed by atoms with van der Waals surface area (Å²) in [5.74, 6) is 0.180. The fraction of sp³-hybridized carbons (Fsp3) is 0.750. The fourth-order valence-corrected chi connectivity index (χ4v) is 4.25. The maximum absolute atomic E-state index is 12.4. The summed E-state index contributed by atoms with van der Waals surface area (Å²) in [6.07, 6.45) is 4.31. The summed E-state index contributed by atoms with van der Waals surface area (Å²) in [6.45, 7) is 5.39. The van der Waals surface area contributed by atoms with Gasteiger partial charge in [0.05, 0.1) is 23.2 Å². The lowest BCUT2D eigenvalue weighted by Gasteiger charge is -2.39. The molecular formula is C16H25N3O2S. The minimum absolute atomic E-state index is 0.176. The van der Waals surface area contributed by atoms with Gasteiger partial charge in [0.15, 0.2) is 0 Å². The van der Waals surface area contributed by atoms with Crippen LogP contribution in [0.1, 0.15) is 36.9 Å². The molecule has 5 nitrogen and oxygen atoms in total. The monoisotopic (exact) mass is 323 g/mol. The van der Waals surface area contributed by atoms with Crippen LogP contribution in [0.25, 0.3) is 0 Å². The van der Waals surface area contributed by atoms with Gasteiger partial charge in [-0.1, -0.05) is 6.92 Å². The standard InChI is InChI=1S/C16H25N3O2S/c1-2-15-17-12(11-22-15)10-16(21)19-8-6-18(7-9-19)13-4-3-5-14(13)20/h11,13-14,20H,2-10H2,1H3. The fourth-order valence-electron chi connectivity index (χ4n) is 3.51. The Kier molecular flexibility index (Phi) is 5.10. The number of piperazine rings is 1. The van der Waals surface area contributed by atoms with Crippen molar-refractivity contribution in [2.45, 2.75) is 51.2 Å². The summed E-state index contributed by atoms with van der Waals surface area (Å²) in [5, 5.41) is 13.1. The minimum Gasteiger partial charge on any atom is -0.391 e. The van der Waals surface area contributed by atoms with E-state index in [1.54, 1.807) is 11.3 Å². The van der Waals surface area contributed by atoms with Crippen molar-refractivity contribution < 1.29 is 9.90 Å². The smallest absolute Gasteiger partial charge is 0.228 e. The van der Waals surface area contributed by atoms with Gasteiger partial charge in [-0.2, -0.15) is 0 Å². The molecule has 2 atom stereocenters. The van der Waals surface area contributed by atoms with Crippen molar-refractivity contribution in [1.82, 2.24) is 14.8 Å². The van der Waals surface area contributed by atoms with Crippen molar-refractivity contribution in [1.29, 1.82) is 0 Å². The van der Waals surface area contributed by atoms with E-state index in [1.807, 2.05) is 10.3 Å². The molecule has 2 unspecified atom stereocenters. The molecule has 0 radical (unpaired) electrons. The van der Waals surface area contributed by atoms with Gasteiger partial charge in [-0.3, -0.25) is 9.69 Å². The largest absolute Gasteiger partial charge is 0.391 e. The Balaban J connectivity index is 1.49. The highest BCUT2D eigenvalue weighted by molar-refractivity contribution is 7.09. The minimum atomic E-state index is -0.176. The van der Waals surface area contributed by atoms with Crippen LogP contribution in [0.15, 0.2) is 5.38 Å². The van der Waals surface area contributed by atoms with E-state index in [0.29, 0.717) is 12.5 Å². The van der Waals surface area contributed by atoms with Crippen LogP contribution in [-0.4, -0.2) is 64.1 Å². The number of amides is 1. The third kappa shape index (κ3) is 3.50. The molecule has 2 fully saturated rings.